The van der Waals surface area contributed by atoms with E-state index in [4.69, 9.17) is 16.7 Å². The standard InChI is InChI=1S/C11H13ClFNO2/c1-7(5-11(15)16)14(2)8-3-4-10(13)9(12)6-8/h3-4,6-7H,5H2,1-2H3,(H,15,16). The van der Waals surface area contributed by atoms with Crippen molar-refractivity contribution in [3.63, 3.8) is 0 Å². The minimum atomic E-state index is -0.868. The fourth-order valence-corrected chi connectivity index (χ4v) is 1.52. The highest BCUT2D eigenvalue weighted by molar-refractivity contribution is 6.31. The number of aliphatic carboxylic acids is 1. The first-order valence-electron chi connectivity index (χ1n) is 4.81. The first-order chi connectivity index (χ1) is 7.41. The predicted octanol–water partition coefficient (Wildman–Crippen LogP) is 2.78. The monoisotopic (exact) mass is 245 g/mol. The molecule has 3 nitrogen and oxygen atoms in total. The Balaban J connectivity index is 2.83. The van der Waals surface area contributed by atoms with Gasteiger partial charge in [-0.1, -0.05) is 11.6 Å². The van der Waals surface area contributed by atoms with Gasteiger partial charge in [0, 0.05) is 18.8 Å². The molecule has 1 atom stereocenters. The molecule has 88 valence electrons. The van der Waals surface area contributed by atoms with E-state index in [0.717, 1.165) is 0 Å². The van der Waals surface area contributed by atoms with Crippen molar-refractivity contribution in [2.24, 2.45) is 0 Å². The summed E-state index contributed by atoms with van der Waals surface area (Å²) < 4.78 is 12.9. The van der Waals surface area contributed by atoms with Gasteiger partial charge in [0.15, 0.2) is 0 Å². The molecule has 0 spiro atoms. The van der Waals surface area contributed by atoms with E-state index in [9.17, 15) is 9.18 Å². The molecule has 0 bridgehead atoms. The van der Waals surface area contributed by atoms with Crippen molar-refractivity contribution in [2.75, 3.05) is 11.9 Å². The third kappa shape index (κ3) is 3.10. The summed E-state index contributed by atoms with van der Waals surface area (Å²) in [6.07, 6.45) is 0.0193. The van der Waals surface area contributed by atoms with E-state index in [2.05, 4.69) is 0 Å². The van der Waals surface area contributed by atoms with Crippen molar-refractivity contribution in [3.8, 4) is 0 Å². The maximum atomic E-state index is 12.9. The third-order valence-corrected chi connectivity index (χ3v) is 2.73. The second kappa shape index (κ2) is 5.16. The molecular formula is C11H13ClFNO2. The van der Waals surface area contributed by atoms with Gasteiger partial charge in [-0.15, -0.1) is 0 Å². The minimum Gasteiger partial charge on any atom is -0.481 e. The lowest BCUT2D eigenvalue weighted by Gasteiger charge is -2.26. The van der Waals surface area contributed by atoms with Gasteiger partial charge in [0.2, 0.25) is 0 Å². The summed E-state index contributed by atoms with van der Waals surface area (Å²) >= 11 is 5.65. The van der Waals surface area contributed by atoms with Crippen LogP contribution in [-0.4, -0.2) is 24.2 Å². The molecule has 0 aliphatic rings. The Morgan fingerprint density at radius 3 is 2.75 bits per heavy atom. The number of carboxylic acid groups (broad SMARTS) is 1. The molecule has 0 aliphatic carbocycles. The number of nitrogens with zero attached hydrogens (tertiary/aromatic N) is 1. The maximum Gasteiger partial charge on any atom is 0.305 e. The molecule has 5 heteroatoms. The van der Waals surface area contributed by atoms with Crippen LogP contribution in [-0.2, 0) is 4.79 Å². The quantitative estimate of drug-likeness (QED) is 0.887. The molecular weight excluding hydrogens is 233 g/mol. The van der Waals surface area contributed by atoms with Crippen LogP contribution >= 0.6 is 11.6 Å². The average molecular weight is 246 g/mol. The van der Waals surface area contributed by atoms with Crippen molar-refractivity contribution < 1.29 is 14.3 Å². The van der Waals surface area contributed by atoms with Gasteiger partial charge >= 0.3 is 5.97 Å². The van der Waals surface area contributed by atoms with Crippen molar-refractivity contribution in [3.05, 3.63) is 29.0 Å². The lowest BCUT2D eigenvalue weighted by molar-refractivity contribution is -0.137. The second-order valence-electron chi connectivity index (χ2n) is 3.66. The summed E-state index contributed by atoms with van der Waals surface area (Å²) in [7, 11) is 1.75. The van der Waals surface area contributed by atoms with Gasteiger partial charge in [0.25, 0.3) is 0 Å². The normalized spacial score (nSPS) is 12.2. The van der Waals surface area contributed by atoms with Crippen LogP contribution in [0.25, 0.3) is 0 Å². The lowest BCUT2D eigenvalue weighted by atomic mass is 10.2. The van der Waals surface area contributed by atoms with Crippen LogP contribution in [0.1, 0.15) is 13.3 Å². The summed E-state index contributed by atoms with van der Waals surface area (Å²) in [5.41, 5.74) is 0.695. The number of anilines is 1. The van der Waals surface area contributed by atoms with E-state index in [0.29, 0.717) is 5.69 Å². The van der Waals surface area contributed by atoms with Gasteiger partial charge in [0.1, 0.15) is 5.82 Å². The Hall–Kier alpha value is -1.29. The molecule has 0 radical (unpaired) electrons. The maximum absolute atomic E-state index is 12.9. The first-order valence-corrected chi connectivity index (χ1v) is 5.19. The highest BCUT2D eigenvalue weighted by Gasteiger charge is 2.14. The lowest BCUT2D eigenvalue weighted by Crippen LogP contribution is -2.30. The number of carbonyl (C=O) groups is 1. The van der Waals surface area contributed by atoms with Crippen molar-refractivity contribution in [1.29, 1.82) is 0 Å². The molecule has 1 rings (SSSR count). The molecule has 0 amide bonds. The SMILES string of the molecule is CC(CC(=O)O)N(C)c1ccc(F)c(Cl)c1. The summed E-state index contributed by atoms with van der Waals surface area (Å²) in [6, 6.07) is 4.13. The number of carboxylic acids is 1. The Bertz CT molecular complexity index is 398. The zero-order valence-electron chi connectivity index (χ0n) is 9.08. The average Bonchev–Trinajstić information content (AvgIpc) is 2.20. The second-order valence-corrected chi connectivity index (χ2v) is 4.06. The van der Waals surface area contributed by atoms with Gasteiger partial charge in [-0.2, -0.15) is 0 Å². The number of benzene rings is 1. The van der Waals surface area contributed by atoms with E-state index in [1.54, 1.807) is 24.9 Å². The molecule has 0 saturated carbocycles. The van der Waals surface area contributed by atoms with Crippen LogP contribution in [0.4, 0.5) is 10.1 Å². The van der Waals surface area contributed by atoms with Crippen LogP contribution in [0.2, 0.25) is 5.02 Å². The Labute approximate surface area is 98.4 Å². The highest BCUT2D eigenvalue weighted by atomic mass is 35.5. The van der Waals surface area contributed by atoms with Gasteiger partial charge < -0.3 is 10.0 Å². The molecule has 1 unspecified atom stereocenters. The van der Waals surface area contributed by atoms with Crippen LogP contribution in [0.3, 0.4) is 0 Å². The number of hydrogen-bond acceptors (Lipinski definition) is 2. The fourth-order valence-electron chi connectivity index (χ4n) is 1.35. The van der Waals surface area contributed by atoms with Crippen LogP contribution in [0, 0.1) is 5.82 Å². The molecule has 0 aromatic heterocycles. The molecule has 16 heavy (non-hydrogen) atoms. The Morgan fingerprint density at radius 1 is 1.62 bits per heavy atom. The molecule has 0 aliphatic heterocycles. The van der Waals surface area contributed by atoms with Gasteiger partial charge in [0.05, 0.1) is 11.4 Å². The smallest absolute Gasteiger partial charge is 0.305 e. The topological polar surface area (TPSA) is 40.5 Å². The van der Waals surface area contributed by atoms with Gasteiger partial charge in [-0.25, -0.2) is 4.39 Å². The van der Waals surface area contributed by atoms with Crippen LogP contribution < -0.4 is 4.90 Å². The molecule has 0 heterocycles. The highest BCUT2D eigenvalue weighted by Crippen LogP contribution is 2.23. The van der Waals surface area contributed by atoms with Gasteiger partial charge in [-0.3, -0.25) is 4.79 Å². The van der Waals surface area contributed by atoms with Crippen LogP contribution in [0.5, 0.6) is 0 Å². The first kappa shape index (κ1) is 12.8. The van der Waals surface area contributed by atoms with E-state index in [1.807, 2.05) is 0 Å². The predicted molar refractivity (Wildman–Crippen MR) is 61.5 cm³/mol. The van der Waals surface area contributed by atoms with Crippen molar-refractivity contribution in [1.82, 2.24) is 0 Å². The summed E-state index contributed by atoms with van der Waals surface area (Å²) in [5, 5.41) is 8.70. The molecule has 1 aromatic carbocycles. The fraction of sp³-hybridized carbons (Fsp3) is 0.364. The third-order valence-electron chi connectivity index (χ3n) is 2.44. The van der Waals surface area contributed by atoms with E-state index < -0.39 is 11.8 Å². The number of halogens is 2. The van der Waals surface area contributed by atoms with E-state index >= 15 is 0 Å². The van der Waals surface area contributed by atoms with E-state index in [1.165, 1.54) is 12.1 Å². The van der Waals surface area contributed by atoms with E-state index in [-0.39, 0.29) is 17.5 Å². The molecule has 0 fully saturated rings. The largest absolute Gasteiger partial charge is 0.481 e. The number of hydrogen-bond donors (Lipinski definition) is 1. The zero-order valence-corrected chi connectivity index (χ0v) is 9.83. The Morgan fingerprint density at radius 2 is 2.25 bits per heavy atom. The minimum absolute atomic E-state index is 0.0193. The van der Waals surface area contributed by atoms with Crippen molar-refractivity contribution >= 4 is 23.3 Å². The summed E-state index contributed by atoms with van der Waals surface area (Å²) in [6.45, 7) is 1.78. The molecule has 1 aromatic rings. The Kier molecular flexibility index (Phi) is 4.12. The molecule has 1 N–H and O–H groups in total. The van der Waals surface area contributed by atoms with Crippen molar-refractivity contribution in [2.45, 2.75) is 19.4 Å². The summed E-state index contributed by atoms with van der Waals surface area (Å²) in [4.78, 5) is 12.3. The molecule has 0 saturated heterocycles. The van der Waals surface area contributed by atoms with Crippen LogP contribution in [0.15, 0.2) is 18.2 Å². The number of rotatable bonds is 4. The van der Waals surface area contributed by atoms with Gasteiger partial charge in [-0.05, 0) is 25.1 Å². The summed E-state index contributed by atoms with van der Waals surface area (Å²) in [5.74, 6) is -1.35. The zero-order chi connectivity index (χ0) is 12.3.